The van der Waals surface area contributed by atoms with Crippen LogP contribution in [0.25, 0.3) is 11.0 Å². The minimum atomic E-state index is 0.439. The summed E-state index contributed by atoms with van der Waals surface area (Å²) in [6.07, 6.45) is 0.863. The summed E-state index contributed by atoms with van der Waals surface area (Å²) in [6.45, 7) is 1.42. The van der Waals surface area contributed by atoms with Crippen molar-refractivity contribution in [1.82, 2.24) is 9.55 Å². The molecule has 1 aromatic heterocycles. The number of ether oxygens (including phenoxy) is 1. The molecule has 0 fully saturated rings. The first-order valence-corrected chi connectivity index (χ1v) is 6.26. The number of imidazole rings is 1. The molecule has 1 aromatic carbocycles. The molecule has 0 unspecified atom stereocenters. The minimum Gasteiger partial charge on any atom is -0.385 e. The number of hydrogen-bond donors (Lipinski definition) is 0. The molecule has 2 aromatic rings. The van der Waals surface area contributed by atoms with Crippen molar-refractivity contribution in [3.05, 3.63) is 27.5 Å². The van der Waals surface area contributed by atoms with Crippen molar-refractivity contribution in [1.29, 1.82) is 0 Å². The molecule has 17 heavy (non-hydrogen) atoms. The summed E-state index contributed by atoms with van der Waals surface area (Å²) in [5.74, 6) is 0. The van der Waals surface area contributed by atoms with Crippen LogP contribution in [-0.2, 0) is 11.3 Å². The Bertz CT molecular complexity index is 539. The zero-order chi connectivity index (χ0) is 12.4. The third kappa shape index (κ3) is 2.68. The third-order valence-corrected chi connectivity index (χ3v) is 3.48. The lowest BCUT2D eigenvalue weighted by Crippen LogP contribution is -2.01. The summed E-state index contributed by atoms with van der Waals surface area (Å²) in [5, 5.41) is 1.43. The Balaban J connectivity index is 2.40. The van der Waals surface area contributed by atoms with E-state index in [2.05, 4.69) is 4.98 Å². The molecule has 92 valence electrons. The maximum Gasteiger partial charge on any atom is 0.203 e. The smallest absolute Gasteiger partial charge is 0.203 e. The SMILES string of the molecule is COCCCn1c(Cl)nc2cc(Cl)c(Cl)cc21. The minimum absolute atomic E-state index is 0.439. The summed E-state index contributed by atoms with van der Waals surface area (Å²) in [5.41, 5.74) is 1.64. The van der Waals surface area contributed by atoms with Crippen LogP contribution in [0.5, 0.6) is 0 Å². The Hall–Kier alpha value is -0.480. The van der Waals surface area contributed by atoms with Crippen molar-refractivity contribution >= 4 is 45.8 Å². The average Bonchev–Trinajstić information content (AvgIpc) is 2.57. The van der Waals surface area contributed by atoms with Gasteiger partial charge in [-0.1, -0.05) is 23.2 Å². The van der Waals surface area contributed by atoms with Gasteiger partial charge in [-0.3, -0.25) is 0 Å². The molecular formula is C11H11Cl3N2O. The molecule has 6 heteroatoms. The molecule has 0 radical (unpaired) electrons. The number of aromatic nitrogens is 2. The van der Waals surface area contributed by atoms with Crippen molar-refractivity contribution in [2.45, 2.75) is 13.0 Å². The van der Waals surface area contributed by atoms with Crippen LogP contribution in [-0.4, -0.2) is 23.3 Å². The van der Waals surface area contributed by atoms with Crippen molar-refractivity contribution < 1.29 is 4.74 Å². The van der Waals surface area contributed by atoms with E-state index >= 15 is 0 Å². The van der Waals surface area contributed by atoms with Crippen LogP contribution >= 0.6 is 34.8 Å². The van der Waals surface area contributed by atoms with Crippen molar-refractivity contribution in [2.24, 2.45) is 0 Å². The zero-order valence-corrected chi connectivity index (χ0v) is 11.5. The predicted octanol–water partition coefficient (Wildman–Crippen LogP) is 4.03. The van der Waals surface area contributed by atoms with Crippen molar-refractivity contribution in [2.75, 3.05) is 13.7 Å². The number of rotatable bonds is 4. The second-order valence-electron chi connectivity index (χ2n) is 3.63. The van der Waals surface area contributed by atoms with Gasteiger partial charge in [-0.2, -0.15) is 0 Å². The monoisotopic (exact) mass is 292 g/mol. The van der Waals surface area contributed by atoms with E-state index in [1.165, 1.54) is 0 Å². The fourth-order valence-electron chi connectivity index (χ4n) is 1.67. The van der Waals surface area contributed by atoms with E-state index in [9.17, 15) is 0 Å². The van der Waals surface area contributed by atoms with Crippen molar-refractivity contribution in [3.8, 4) is 0 Å². The van der Waals surface area contributed by atoms with Gasteiger partial charge in [0.2, 0.25) is 5.28 Å². The van der Waals surface area contributed by atoms with Gasteiger partial charge in [0.25, 0.3) is 0 Å². The molecule has 0 spiro atoms. The highest BCUT2D eigenvalue weighted by molar-refractivity contribution is 6.42. The first-order valence-electron chi connectivity index (χ1n) is 5.13. The zero-order valence-electron chi connectivity index (χ0n) is 9.21. The lowest BCUT2D eigenvalue weighted by atomic mass is 10.3. The van der Waals surface area contributed by atoms with E-state index in [1.807, 2.05) is 4.57 Å². The summed E-state index contributed by atoms with van der Waals surface area (Å²) < 4.78 is 6.91. The molecule has 1 heterocycles. The van der Waals surface area contributed by atoms with Crippen LogP contribution in [0.4, 0.5) is 0 Å². The topological polar surface area (TPSA) is 27.1 Å². The summed E-state index contributed by atoms with van der Waals surface area (Å²) in [6, 6.07) is 3.50. The average molecular weight is 294 g/mol. The van der Waals surface area contributed by atoms with E-state index in [0.29, 0.717) is 21.9 Å². The Morgan fingerprint density at radius 2 is 1.94 bits per heavy atom. The van der Waals surface area contributed by atoms with Crippen LogP contribution in [0.15, 0.2) is 12.1 Å². The fraction of sp³-hybridized carbons (Fsp3) is 0.364. The van der Waals surface area contributed by atoms with E-state index in [-0.39, 0.29) is 0 Å². The highest BCUT2D eigenvalue weighted by atomic mass is 35.5. The fourth-order valence-corrected chi connectivity index (χ4v) is 2.25. The molecule has 0 amide bonds. The van der Waals surface area contributed by atoms with Gasteiger partial charge in [0, 0.05) is 20.3 Å². The molecule has 0 saturated heterocycles. The van der Waals surface area contributed by atoms with Crippen LogP contribution in [0.2, 0.25) is 15.3 Å². The van der Waals surface area contributed by atoms with E-state index in [0.717, 1.165) is 24.0 Å². The second kappa shape index (κ2) is 5.44. The predicted molar refractivity (Wildman–Crippen MR) is 71.3 cm³/mol. The van der Waals surface area contributed by atoms with Crippen LogP contribution < -0.4 is 0 Å². The van der Waals surface area contributed by atoms with Crippen LogP contribution in [0.1, 0.15) is 6.42 Å². The van der Waals surface area contributed by atoms with Gasteiger partial charge < -0.3 is 9.30 Å². The van der Waals surface area contributed by atoms with Crippen LogP contribution in [0.3, 0.4) is 0 Å². The molecule has 2 rings (SSSR count). The second-order valence-corrected chi connectivity index (χ2v) is 4.79. The first kappa shape index (κ1) is 13.0. The van der Waals surface area contributed by atoms with Gasteiger partial charge in [-0.25, -0.2) is 4.98 Å². The molecular weight excluding hydrogens is 282 g/mol. The van der Waals surface area contributed by atoms with E-state index in [4.69, 9.17) is 39.5 Å². The standard InChI is InChI=1S/C11H11Cl3N2O/c1-17-4-2-3-16-10-6-8(13)7(12)5-9(10)15-11(16)14/h5-6H,2-4H2,1H3. The van der Waals surface area contributed by atoms with Crippen molar-refractivity contribution in [3.63, 3.8) is 0 Å². The number of aryl methyl sites for hydroxylation is 1. The van der Waals surface area contributed by atoms with E-state index < -0.39 is 0 Å². The Morgan fingerprint density at radius 1 is 1.24 bits per heavy atom. The summed E-state index contributed by atoms with van der Waals surface area (Å²) in [7, 11) is 1.67. The molecule has 0 bridgehead atoms. The third-order valence-electron chi connectivity index (χ3n) is 2.47. The maximum absolute atomic E-state index is 6.08. The molecule has 0 aliphatic rings. The summed E-state index contributed by atoms with van der Waals surface area (Å²) >= 11 is 18.0. The molecule has 0 saturated carbocycles. The van der Waals surface area contributed by atoms with Gasteiger partial charge in [-0.05, 0) is 30.2 Å². The van der Waals surface area contributed by atoms with Gasteiger partial charge in [-0.15, -0.1) is 0 Å². The highest BCUT2D eigenvalue weighted by Crippen LogP contribution is 2.29. The number of nitrogens with zero attached hydrogens (tertiary/aromatic N) is 2. The molecule has 0 N–H and O–H groups in total. The number of halogens is 3. The number of fused-ring (bicyclic) bond motifs is 1. The first-order chi connectivity index (χ1) is 8.13. The quantitative estimate of drug-likeness (QED) is 0.796. The Labute approximate surface area is 114 Å². The lowest BCUT2D eigenvalue weighted by Gasteiger charge is -2.05. The normalized spacial score (nSPS) is 11.3. The number of methoxy groups -OCH3 is 1. The van der Waals surface area contributed by atoms with E-state index in [1.54, 1.807) is 19.2 Å². The van der Waals surface area contributed by atoms with Crippen LogP contribution in [0, 0.1) is 0 Å². The molecule has 3 nitrogen and oxygen atoms in total. The van der Waals surface area contributed by atoms with Gasteiger partial charge >= 0.3 is 0 Å². The molecule has 0 aliphatic carbocycles. The largest absolute Gasteiger partial charge is 0.385 e. The Morgan fingerprint density at radius 3 is 2.65 bits per heavy atom. The highest BCUT2D eigenvalue weighted by Gasteiger charge is 2.11. The Kier molecular flexibility index (Phi) is 4.15. The molecule has 0 atom stereocenters. The summed E-state index contributed by atoms with van der Waals surface area (Å²) in [4.78, 5) is 4.24. The molecule has 0 aliphatic heterocycles. The lowest BCUT2D eigenvalue weighted by molar-refractivity contribution is 0.190. The maximum atomic E-state index is 6.08. The number of benzene rings is 1. The van der Waals surface area contributed by atoms with Gasteiger partial charge in [0.15, 0.2) is 0 Å². The van der Waals surface area contributed by atoms with Gasteiger partial charge in [0.05, 0.1) is 21.1 Å². The number of hydrogen-bond acceptors (Lipinski definition) is 2. The van der Waals surface area contributed by atoms with Gasteiger partial charge in [0.1, 0.15) is 0 Å².